The molecule has 3 rings (SSSR count). The lowest BCUT2D eigenvalue weighted by Gasteiger charge is -2.06. The largest absolute Gasteiger partial charge is 0.419 e. The van der Waals surface area contributed by atoms with Crippen molar-refractivity contribution in [3.63, 3.8) is 0 Å². The molecule has 1 aromatic heterocycles. The van der Waals surface area contributed by atoms with Crippen molar-refractivity contribution in [1.29, 1.82) is 0 Å². The number of aryl methyl sites for hydroxylation is 1. The summed E-state index contributed by atoms with van der Waals surface area (Å²) in [5.74, 6) is 0.894. The van der Waals surface area contributed by atoms with Crippen molar-refractivity contribution in [2.75, 3.05) is 5.32 Å². The molecule has 0 bridgehead atoms. The van der Waals surface area contributed by atoms with Gasteiger partial charge in [0.1, 0.15) is 5.75 Å². The number of nitrogens with one attached hydrogen (secondary N) is 2. The first-order chi connectivity index (χ1) is 9.72. The fourth-order valence-electron chi connectivity index (χ4n) is 1.90. The summed E-state index contributed by atoms with van der Waals surface area (Å²) in [4.78, 5) is 19.1. The third-order valence-electron chi connectivity index (χ3n) is 2.91. The Morgan fingerprint density at radius 2 is 1.90 bits per heavy atom. The molecule has 0 aliphatic heterocycles. The molecule has 2 aromatic carbocycles. The number of aromatic amines is 1. The van der Waals surface area contributed by atoms with Gasteiger partial charge in [-0.15, -0.1) is 0 Å². The minimum Gasteiger partial charge on any atom is -0.410 e. The Balaban J connectivity index is 1.74. The molecule has 0 fully saturated rings. The minimum absolute atomic E-state index is 0.366. The van der Waals surface area contributed by atoms with Crippen LogP contribution in [0.15, 0.2) is 48.5 Å². The van der Waals surface area contributed by atoms with E-state index in [-0.39, 0.29) is 0 Å². The fourth-order valence-corrected chi connectivity index (χ4v) is 1.90. The van der Waals surface area contributed by atoms with Gasteiger partial charge in [-0.1, -0.05) is 30.3 Å². The molecule has 0 saturated heterocycles. The number of para-hydroxylation sites is 3. The lowest BCUT2D eigenvalue weighted by molar-refractivity contribution is 0.214. The van der Waals surface area contributed by atoms with E-state index in [9.17, 15) is 4.79 Å². The molecule has 1 amide bonds. The number of ether oxygens (including phenoxy) is 1. The van der Waals surface area contributed by atoms with Crippen molar-refractivity contribution in [2.45, 2.75) is 6.92 Å². The second kappa shape index (κ2) is 5.05. The van der Waals surface area contributed by atoms with Gasteiger partial charge in [0.15, 0.2) is 0 Å². The molecule has 1 heterocycles. The number of nitrogens with zero attached hydrogens (tertiary/aromatic N) is 1. The monoisotopic (exact) mass is 267 g/mol. The second-order valence-corrected chi connectivity index (χ2v) is 4.38. The molecule has 0 saturated carbocycles. The molecular formula is C15H13N3O2. The maximum Gasteiger partial charge on any atom is 0.419 e. The number of rotatable bonds is 2. The second-order valence-electron chi connectivity index (χ2n) is 4.38. The van der Waals surface area contributed by atoms with Gasteiger partial charge < -0.3 is 9.72 Å². The fraction of sp³-hybridized carbons (Fsp3) is 0.0667. The molecule has 0 aliphatic rings. The first kappa shape index (κ1) is 12.2. The van der Waals surface area contributed by atoms with Gasteiger partial charge in [0.2, 0.25) is 5.95 Å². The summed E-state index contributed by atoms with van der Waals surface area (Å²) >= 11 is 0. The Morgan fingerprint density at radius 3 is 2.70 bits per heavy atom. The lowest BCUT2D eigenvalue weighted by Crippen LogP contribution is -2.17. The first-order valence-electron chi connectivity index (χ1n) is 6.21. The molecule has 3 aromatic rings. The van der Waals surface area contributed by atoms with E-state index < -0.39 is 6.09 Å². The van der Waals surface area contributed by atoms with Gasteiger partial charge in [-0.3, -0.25) is 5.32 Å². The van der Waals surface area contributed by atoms with Crippen LogP contribution in [0.4, 0.5) is 10.7 Å². The summed E-state index contributed by atoms with van der Waals surface area (Å²) in [6.07, 6.45) is -0.571. The zero-order chi connectivity index (χ0) is 13.9. The lowest BCUT2D eigenvalue weighted by atomic mass is 10.2. The summed E-state index contributed by atoms with van der Waals surface area (Å²) in [6.45, 7) is 1.88. The first-order valence-corrected chi connectivity index (χ1v) is 6.21. The number of carbonyl (C=O) groups excluding carboxylic acids is 1. The number of benzene rings is 2. The van der Waals surface area contributed by atoms with Gasteiger partial charge in [-0.2, -0.15) is 0 Å². The maximum absolute atomic E-state index is 11.8. The van der Waals surface area contributed by atoms with Crippen LogP contribution in [-0.2, 0) is 0 Å². The van der Waals surface area contributed by atoms with E-state index in [1.807, 2.05) is 49.4 Å². The number of anilines is 1. The highest BCUT2D eigenvalue weighted by molar-refractivity contribution is 5.87. The zero-order valence-electron chi connectivity index (χ0n) is 10.9. The van der Waals surface area contributed by atoms with Crippen molar-refractivity contribution < 1.29 is 9.53 Å². The number of fused-ring (bicyclic) bond motifs is 1. The van der Waals surface area contributed by atoms with Crippen LogP contribution in [0.3, 0.4) is 0 Å². The van der Waals surface area contributed by atoms with Gasteiger partial charge in [-0.05, 0) is 30.7 Å². The third kappa shape index (κ3) is 2.47. The van der Waals surface area contributed by atoms with E-state index in [0.29, 0.717) is 11.7 Å². The zero-order valence-corrected chi connectivity index (χ0v) is 10.9. The molecule has 100 valence electrons. The Hall–Kier alpha value is -2.82. The Morgan fingerprint density at radius 1 is 1.15 bits per heavy atom. The van der Waals surface area contributed by atoms with Crippen molar-refractivity contribution >= 4 is 23.1 Å². The quantitative estimate of drug-likeness (QED) is 0.747. The van der Waals surface area contributed by atoms with Gasteiger partial charge in [-0.25, -0.2) is 9.78 Å². The van der Waals surface area contributed by atoms with Crippen LogP contribution in [0.5, 0.6) is 5.75 Å². The standard InChI is InChI=1S/C15H13N3O2/c1-10-6-2-5-9-13(10)20-15(19)18-14-16-11-7-3-4-8-12(11)17-14/h2-9H,1H3,(H2,16,17,18,19). The Labute approximate surface area is 115 Å². The molecule has 0 atom stereocenters. The van der Waals surface area contributed by atoms with Gasteiger partial charge in [0.05, 0.1) is 11.0 Å². The van der Waals surface area contributed by atoms with E-state index in [2.05, 4.69) is 15.3 Å². The van der Waals surface area contributed by atoms with Gasteiger partial charge in [0, 0.05) is 0 Å². The topological polar surface area (TPSA) is 67.0 Å². The third-order valence-corrected chi connectivity index (χ3v) is 2.91. The van der Waals surface area contributed by atoms with Crippen molar-refractivity contribution in [1.82, 2.24) is 9.97 Å². The highest BCUT2D eigenvalue weighted by Gasteiger charge is 2.09. The number of imidazole rings is 1. The highest BCUT2D eigenvalue weighted by Crippen LogP contribution is 2.17. The molecule has 0 unspecified atom stereocenters. The Bertz CT molecular complexity index is 731. The summed E-state index contributed by atoms with van der Waals surface area (Å²) in [7, 11) is 0. The number of hydrogen-bond acceptors (Lipinski definition) is 3. The number of H-pyrrole nitrogens is 1. The van der Waals surface area contributed by atoms with E-state index in [1.165, 1.54) is 0 Å². The van der Waals surface area contributed by atoms with E-state index in [1.54, 1.807) is 6.07 Å². The molecule has 0 spiro atoms. The summed E-state index contributed by atoms with van der Waals surface area (Å²) < 4.78 is 5.24. The minimum atomic E-state index is -0.571. The average molecular weight is 267 g/mol. The average Bonchev–Trinajstić information content (AvgIpc) is 2.83. The van der Waals surface area contributed by atoms with Crippen LogP contribution in [-0.4, -0.2) is 16.1 Å². The molecule has 2 N–H and O–H groups in total. The summed E-state index contributed by atoms with van der Waals surface area (Å²) in [5.41, 5.74) is 2.55. The van der Waals surface area contributed by atoms with Gasteiger partial charge in [0.25, 0.3) is 0 Å². The molecule has 0 radical (unpaired) electrons. The van der Waals surface area contributed by atoms with Crippen molar-refractivity contribution in [3.8, 4) is 5.75 Å². The van der Waals surface area contributed by atoms with Crippen LogP contribution in [0, 0.1) is 6.92 Å². The summed E-state index contributed by atoms with van der Waals surface area (Å²) in [5, 5.41) is 2.58. The normalized spacial score (nSPS) is 10.4. The maximum atomic E-state index is 11.8. The number of carbonyl (C=O) groups is 1. The van der Waals surface area contributed by atoms with E-state index >= 15 is 0 Å². The number of aromatic nitrogens is 2. The number of amides is 1. The van der Waals surface area contributed by atoms with E-state index in [4.69, 9.17) is 4.74 Å². The highest BCUT2D eigenvalue weighted by atomic mass is 16.6. The Kier molecular flexibility index (Phi) is 3.09. The molecule has 5 heteroatoms. The van der Waals surface area contributed by atoms with Gasteiger partial charge >= 0.3 is 6.09 Å². The predicted molar refractivity (Wildman–Crippen MR) is 76.9 cm³/mol. The van der Waals surface area contributed by atoms with Crippen molar-refractivity contribution in [3.05, 3.63) is 54.1 Å². The van der Waals surface area contributed by atoms with Crippen molar-refractivity contribution in [2.24, 2.45) is 0 Å². The molecular weight excluding hydrogens is 254 g/mol. The molecule has 0 aliphatic carbocycles. The van der Waals surface area contributed by atoms with Crippen LogP contribution >= 0.6 is 0 Å². The molecule has 5 nitrogen and oxygen atoms in total. The van der Waals surface area contributed by atoms with E-state index in [0.717, 1.165) is 16.6 Å². The van der Waals surface area contributed by atoms with Crippen LogP contribution in [0.1, 0.15) is 5.56 Å². The smallest absolute Gasteiger partial charge is 0.410 e. The molecule has 20 heavy (non-hydrogen) atoms. The van der Waals surface area contributed by atoms with Crippen LogP contribution < -0.4 is 10.1 Å². The summed E-state index contributed by atoms with van der Waals surface area (Å²) in [6, 6.07) is 14.9. The van der Waals surface area contributed by atoms with Crippen LogP contribution in [0.25, 0.3) is 11.0 Å². The number of hydrogen-bond donors (Lipinski definition) is 2. The van der Waals surface area contributed by atoms with Crippen LogP contribution in [0.2, 0.25) is 0 Å². The predicted octanol–water partition coefficient (Wildman–Crippen LogP) is 3.48. The SMILES string of the molecule is Cc1ccccc1OC(=O)Nc1nc2ccccc2[nH]1.